The van der Waals surface area contributed by atoms with Crippen LogP contribution in [0.5, 0.6) is 0 Å². The standard InChI is InChI=1S/C12H11N3O3/c1-8-5-9(7-13-6-8)15-11(16)4-3-10(14-15)12(17)18-2/h3-7H,1-2H3. The summed E-state index contributed by atoms with van der Waals surface area (Å²) < 4.78 is 5.68. The van der Waals surface area contributed by atoms with E-state index in [4.69, 9.17) is 0 Å². The normalized spacial score (nSPS) is 10.1. The number of esters is 1. The maximum Gasteiger partial charge on any atom is 0.358 e. The molecule has 92 valence electrons. The molecule has 2 aromatic rings. The number of aryl methyl sites for hydroxylation is 1. The van der Waals surface area contributed by atoms with E-state index in [1.54, 1.807) is 12.3 Å². The van der Waals surface area contributed by atoms with Crippen LogP contribution in [0.2, 0.25) is 0 Å². The molecule has 0 amide bonds. The molecule has 2 aromatic heterocycles. The summed E-state index contributed by atoms with van der Waals surface area (Å²) >= 11 is 0. The van der Waals surface area contributed by atoms with Crippen LogP contribution in [0.1, 0.15) is 16.1 Å². The highest BCUT2D eigenvalue weighted by atomic mass is 16.5. The molecule has 0 fully saturated rings. The molecule has 2 heterocycles. The SMILES string of the molecule is COC(=O)c1ccc(=O)n(-c2cncc(C)c2)n1. The number of carbonyl (C=O) groups is 1. The Kier molecular flexibility index (Phi) is 3.18. The lowest BCUT2D eigenvalue weighted by Gasteiger charge is -2.05. The van der Waals surface area contributed by atoms with Gasteiger partial charge >= 0.3 is 5.97 Å². The van der Waals surface area contributed by atoms with Crippen molar-refractivity contribution in [1.82, 2.24) is 14.8 Å². The number of methoxy groups -OCH3 is 1. The molecule has 6 heteroatoms. The fourth-order valence-corrected chi connectivity index (χ4v) is 1.46. The molecule has 0 spiro atoms. The first-order valence-corrected chi connectivity index (χ1v) is 5.22. The van der Waals surface area contributed by atoms with Gasteiger partial charge in [0.05, 0.1) is 19.0 Å². The molecule has 0 aliphatic heterocycles. The highest BCUT2D eigenvalue weighted by Gasteiger charge is 2.10. The highest BCUT2D eigenvalue weighted by Crippen LogP contribution is 2.05. The molecule has 0 aliphatic carbocycles. The molecule has 0 aromatic carbocycles. The van der Waals surface area contributed by atoms with Gasteiger partial charge in [0.15, 0.2) is 5.69 Å². The van der Waals surface area contributed by atoms with Crippen LogP contribution in [0.25, 0.3) is 5.69 Å². The van der Waals surface area contributed by atoms with Crippen LogP contribution in [-0.4, -0.2) is 27.8 Å². The first-order chi connectivity index (χ1) is 8.61. The summed E-state index contributed by atoms with van der Waals surface area (Å²) in [6.45, 7) is 1.85. The predicted molar refractivity (Wildman–Crippen MR) is 63.7 cm³/mol. The molecule has 0 radical (unpaired) electrons. The summed E-state index contributed by atoms with van der Waals surface area (Å²) in [6, 6.07) is 4.35. The highest BCUT2D eigenvalue weighted by molar-refractivity contribution is 5.86. The zero-order chi connectivity index (χ0) is 13.1. The predicted octanol–water partition coefficient (Wildman–Crippen LogP) is 0.723. The van der Waals surface area contributed by atoms with Crippen molar-refractivity contribution >= 4 is 5.97 Å². The van der Waals surface area contributed by atoms with E-state index in [1.807, 2.05) is 6.92 Å². The minimum absolute atomic E-state index is 0.0682. The van der Waals surface area contributed by atoms with Gasteiger partial charge in [0.2, 0.25) is 0 Å². The lowest BCUT2D eigenvalue weighted by molar-refractivity contribution is 0.0591. The van der Waals surface area contributed by atoms with Crippen LogP contribution in [0.15, 0.2) is 35.4 Å². The fraction of sp³-hybridized carbons (Fsp3) is 0.167. The summed E-state index contributed by atoms with van der Waals surface area (Å²) in [5, 5.41) is 3.94. The van der Waals surface area contributed by atoms with E-state index >= 15 is 0 Å². The molecule has 0 bridgehead atoms. The van der Waals surface area contributed by atoms with Gasteiger partial charge in [0, 0.05) is 12.3 Å². The maximum absolute atomic E-state index is 11.7. The Labute approximate surface area is 103 Å². The topological polar surface area (TPSA) is 74.1 Å². The van der Waals surface area contributed by atoms with Gasteiger partial charge in [-0.2, -0.15) is 9.78 Å². The van der Waals surface area contributed by atoms with Crippen LogP contribution in [0, 0.1) is 6.92 Å². The Morgan fingerprint density at radius 2 is 2.11 bits per heavy atom. The van der Waals surface area contributed by atoms with E-state index in [0.29, 0.717) is 5.69 Å². The lowest BCUT2D eigenvalue weighted by Crippen LogP contribution is -2.23. The molecule has 2 rings (SSSR count). The van der Waals surface area contributed by atoms with E-state index in [2.05, 4.69) is 14.8 Å². The summed E-state index contributed by atoms with van der Waals surface area (Å²) in [5.74, 6) is -0.593. The van der Waals surface area contributed by atoms with Crippen molar-refractivity contribution in [1.29, 1.82) is 0 Å². The number of rotatable bonds is 2. The van der Waals surface area contributed by atoms with Gasteiger partial charge in [-0.1, -0.05) is 0 Å². The Hall–Kier alpha value is -2.50. The third kappa shape index (κ3) is 2.27. The van der Waals surface area contributed by atoms with Crippen molar-refractivity contribution in [3.8, 4) is 5.69 Å². The number of hydrogen-bond acceptors (Lipinski definition) is 5. The number of carbonyl (C=O) groups excluding carboxylic acids is 1. The first-order valence-electron chi connectivity index (χ1n) is 5.22. The molecule has 0 atom stereocenters. The smallest absolute Gasteiger partial charge is 0.358 e. The molecule has 0 saturated carbocycles. The second kappa shape index (κ2) is 4.79. The van der Waals surface area contributed by atoms with Crippen LogP contribution in [0.4, 0.5) is 0 Å². The number of nitrogens with zero attached hydrogens (tertiary/aromatic N) is 3. The minimum Gasteiger partial charge on any atom is -0.464 e. The average molecular weight is 245 g/mol. The molecule has 0 N–H and O–H groups in total. The van der Waals surface area contributed by atoms with Gasteiger partial charge < -0.3 is 4.74 Å². The fourth-order valence-electron chi connectivity index (χ4n) is 1.46. The summed E-state index contributed by atoms with van der Waals surface area (Å²) in [6.07, 6.45) is 3.17. The van der Waals surface area contributed by atoms with Crippen LogP contribution in [0.3, 0.4) is 0 Å². The van der Waals surface area contributed by atoms with Gasteiger partial charge in [-0.3, -0.25) is 9.78 Å². The second-order valence-electron chi connectivity index (χ2n) is 3.68. The summed E-state index contributed by atoms with van der Waals surface area (Å²) in [4.78, 5) is 27.1. The molecule has 18 heavy (non-hydrogen) atoms. The summed E-state index contributed by atoms with van der Waals surface area (Å²) in [7, 11) is 1.26. The van der Waals surface area contributed by atoms with Crippen LogP contribution >= 0.6 is 0 Å². The minimum atomic E-state index is -0.593. The van der Waals surface area contributed by atoms with Gasteiger partial charge in [0.25, 0.3) is 5.56 Å². The van der Waals surface area contributed by atoms with Crippen molar-refractivity contribution in [3.05, 3.63) is 52.2 Å². The number of aromatic nitrogens is 3. The molecular formula is C12H11N3O3. The molecule has 0 saturated heterocycles. The number of ether oxygens (including phenoxy) is 1. The Morgan fingerprint density at radius 3 is 2.78 bits per heavy atom. The van der Waals surface area contributed by atoms with Crippen molar-refractivity contribution in [2.45, 2.75) is 6.92 Å². The maximum atomic E-state index is 11.7. The molecular weight excluding hydrogens is 234 g/mol. The zero-order valence-corrected chi connectivity index (χ0v) is 9.95. The lowest BCUT2D eigenvalue weighted by atomic mass is 10.3. The van der Waals surface area contributed by atoms with E-state index < -0.39 is 5.97 Å². The van der Waals surface area contributed by atoms with Gasteiger partial charge in [0.1, 0.15) is 0 Å². The van der Waals surface area contributed by atoms with Crippen molar-refractivity contribution in [3.63, 3.8) is 0 Å². The number of pyridine rings is 1. The van der Waals surface area contributed by atoms with Crippen molar-refractivity contribution in [2.75, 3.05) is 7.11 Å². The zero-order valence-electron chi connectivity index (χ0n) is 9.95. The van der Waals surface area contributed by atoms with E-state index in [9.17, 15) is 9.59 Å². The van der Waals surface area contributed by atoms with E-state index in [0.717, 1.165) is 10.2 Å². The summed E-state index contributed by atoms with van der Waals surface area (Å²) in [5.41, 5.74) is 1.13. The third-order valence-corrected chi connectivity index (χ3v) is 2.30. The van der Waals surface area contributed by atoms with Crippen LogP contribution in [-0.2, 0) is 4.74 Å². The second-order valence-corrected chi connectivity index (χ2v) is 3.68. The van der Waals surface area contributed by atoms with Gasteiger partial charge in [-0.05, 0) is 24.6 Å². The molecule has 6 nitrogen and oxygen atoms in total. The average Bonchev–Trinajstić information content (AvgIpc) is 2.38. The first kappa shape index (κ1) is 12.0. The van der Waals surface area contributed by atoms with Gasteiger partial charge in [-0.25, -0.2) is 4.79 Å². The van der Waals surface area contributed by atoms with Crippen molar-refractivity contribution in [2.24, 2.45) is 0 Å². The Morgan fingerprint density at radius 1 is 1.33 bits per heavy atom. The van der Waals surface area contributed by atoms with Crippen molar-refractivity contribution < 1.29 is 9.53 Å². The Bertz CT molecular complexity index is 649. The van der Waals surface area contributed by atoms with E-state index in [-0.39, 0.29) is 11.3 Å². The quantitative estimate of drug-likeness (QED) is 0.729. The Balaban J connectivity index is 2.57. The molecule has 0 aliphatic rings. The van der Waals surface area contributed by atoms with Crippen LogP contribution < -0.4 is 5.56 Å². The van der Waals surface area contributed by atoms with Gasteiger partial charge in [-0.15, -0.1) is 0 Å². The largest absolute Gasteiger partial charge is 0.464 e. The van der Waals surface area contributed by atoms with E-state index in [1.165, 1.54) is 25.4 Å². The molecule has 0 unspecified atom stereocenters. The third-order valence-electron chi connectivity index (χ3n) is 2.30. The monoisotopic (exact) mass is 245 g/mol. The number of hydrogen-bond donors (Lipinski definition) is 0.